The number of sulfone groups is 1. The average molecular weight is 330 g/mol. The fourth-order valence-electron chi connectivity index (χ4n) is 2.02. The number of hydrogen-bond acceptors (Lipinski definition) is 4. The van der Waals surface area contributed by atoms with E-state index >= 15 is 0 Å². The number of hydrogen-bond donors (Lipinski definition) is 1. The molecule has 1 N–H and O–H groups in total. The Labute approximate surface area is 128 Å². The minimum absolute atomic E-state index is 0.0621. The maximum atomic E-state index is 11.7. The third-order valence-corrected chi connectivity index (χ3v) is 5.80. The summed E-state index contributed by atoms with van der Waals surface area (Å²) in [5.74, 6) is 0. The van der Waals surface area contributed by atoms with Crippen molar-refractivity contribution in [3.05, 3.63) is 50.7 Å². The van der Waals surface area contributed by atoms with Crippen LogP contribution in [0.3, 0.4) is 0 Å². The summed E-state index contributed by atoms with van der Waals surface area (Å²) in [6.45, 7) is 1.96. The Bertz CT molecular complexity index is 703. The van der Waals surface area contributed by atoms with E-state index in [-0.39, 0.29) is 6.04 Å². The number of thiophene rings is 1. The molecule has 3 nitrogen and oxygen atoms in total. The maximum absolute atomic E-state index is 11.7. The third-order valence-electron chi connectivity index (χ3n) is 3.07. The number of rotatable bonds is 4. The second-order valence-electron chi connectivity index (χ2n) is 4.67. The van der Waals surface area contributed by atoms with Gasteiger partial charge in [-0.1, -0.05) is 23.7 Å². The van der Waals surface area contributed by atoms with Crippen molar-refractivity contribution < 1.29 is 8.42 Å². The lowest BCUT2D eigenvalue weighted by Gasteiger charge is -2.15. The number of nitrogens with one attached hydrogen (secondary N) is 1. The van der Waals surface area contributed by atoms with Crippen molar-refractivity contribution >= 4 is 32.8 Å². The smallest absolute Gasteiger partial charge is 0.175 e. The summed E-state index contributed by atoms with van der Waals surface area (Å²) >= 11 is 7.63. The molecular formula is C14H16ClNO2S2. The van der Waals surface area contributed by atoms with Crippen LogP contribution >= 0.6 is 22.9 Å². The van der Waals surface area contributed by atoms with Crippen LogP contribution < -0.4 is 5.32 Å². The first kappa shape index (κ1) is 15.5. The Kier molecular flexibility index (Phi) is 4.54. The van der Waals surface area contributed by atoms with E-state index in [1.54, 1.807) is 18.2 Å². The molecule has 1 heterocycles. The zero-order valence-electron chi connectivity index (χ0n) is 11.5. The van der Waals surface area contributed by atoms with Gasteiger partial charge in [0.2, 0.25) is 0 Å². The fourth-order valence-corrected chi connectivity index (χ4v) is 4.06. The van der Waals surface area contributed by atoms with E-state index in [9.17, 15) is 8.42 Å². The van der Waals surface area contributed by atoms with Gasteiger partial charge in [-0.3, -0.25) is 0 Å². The average Bonchev–Trinajstić information content (AvgIpc) is 2.69. The number of aryl methyl sites for hydroxylation is 1. The van der Waals surface area contributed by atoms with Crippen LogP contribution in [-0.2, 0) is 9.84 Å². The van der Waals surface area contributed by atoms with Gasteiger partial charge in [-0.2, -0.15) is 0 Å². The van der Waals surface area contributed by atoms with E-state index < -0.39 is 9.84 Å². The molecule has 0 bridgehead atoms. The predicted octanol–water partition coefficient (Wildman–Crippen LogP) is 3.42. The van der Waals surface area contributed by atoms with E-state index in [4.69, 9.17) is 11.6 Å². The molecule has 2 aromatic rings. The maximum Gasteiger partial charge on any atom is 0.175 e. The van der Waals surface area contributed by atoms with Crippen LogP contribution in [0.1, 0.15) is 22.0 Å². The van der Waals surface area contributed by atoms with Crippen molar-refractivity contribution in [3.63, 3.8) is 0 Å². The summed E-state index contributed by atoms with van der Waals surface area (Å²) in [6, 6.07) is 8.96. The summed E-state index contributed by atoms with van der Waals surface area (Å²) in [7, 11) is -1.35. The van der Waals surface area contributed by atoms with Crippen LogP contribution in [0.2, 0.25) is 4.34 Å². The summed E-state index contributed by atoms with van der Waals surface area (Å²) in [5.41, 5.74) is 1.94. The molecular weight excluding hydrogens is 314 g/mol. The highest BCUT2D eigenvalue weighted by atomic mass is 35.5. The Morgan fingerprint density at radius 3 is 2.50 bits per heavy atom. The highest BCUT2D eigenvalue weighted by molar-refractivity contribution is 7.90. The molecule has 20 heavy (non-hydrogen) atoms. The molecule has 0 aliphatic rings. The zero-order valence-corrected chi connectivity index (χ0v) is 13.9. The lowest BCUT2D eigenvalue weighted by Crippen LogP contribution is -2.16. The third kappa shape index (κ3) is 3.23. The van der Waals surface area contributed by atoms with Gasteiger partial charge in [-0.25, -0.2) is 8.42 Å². The first-order valence-corrected chi connectivity index (χ1v) is 9.14. The van der Waals surface area contributed by atoms with Crippen LogP contribution in [0.25, 0.3) is 0 Å². The second kappa shape index (κ2) is 5.85. The molecule has 0 aliphatic heterocycles. The lowest BCUT2D eigenvalue weighted by molar-refractivity contribution is 0.601. The second-order valence-corrected chi connectivity index (χ2v) is 8.37. The summed E-state index contributed by atoms with van der Waals surface area (Å²) < 4.78 is 24.1. The van der Waals surface area contributed by atoms with Crippen LogP contribution in [-0.4, -0.2) is 21.7 Å². The molecule has 1 aromatic heterocycles. The lowest BCUT2D eigenvalue weighted by atomic mass is 10.1. The Hall–Kier alpha value is -0.880. The predicted molar refractivity (Wildman–Crippen MR) is 84.5 cm³/mol. The normalized spacial score (nSPS) is 13.4. The molecule has 108 valence electrons. The van der Waals surface area contributed by atoms with Crippen LogP contribution in [0.4, 0.5) is 0 Å². The highest BCUT2D eigenvalue weighted by Gasteiger charge is 2.17. The van der Waals surface area contributed by atoms with Gasteiger partial charge < -0.3 is 5.32 Å². The molecule has 1 aromatic carbocycles. The molecule has 1 unspecified atom stereocenters. The summed E-state index contributed by atoms with van der Waals surface area (Å²) in [4.78, 5) is 1.40. The monoisotopic (exact) mass is 329 g/mol. The molecule has 0 aliphatic carbocycles. The van der Waals surface area contributed by atoms with Gasteiger partial charge in [-0.15, -0.1) is 11.3 Å². The van der Waals surface area contributed by atoms with Crippen LogP contribution in [0, 0.1) is 6.92 Å². The largest absolute Gasteiger partial charge is 0.309 e. The van der Waals surface area contributed by atoms with Gasteiger partial charge in [0.15, 0.2) is 9.84 Å². The minimum Gasteiger partial charge on any atom is -0.309 e. The first-order chi connectivity index (χ1) is 9.32. The number of benzene rings is 1. The van der Waals surface area contributed by atoms with Crippen molar-refractivity contribution in [1.29, 1.82) is 0 Å². The topological polar surface area (TPSA) is 46.2 Å². The Balaban J connectivity index is 2.47. The van der Waals surface area contributed by atoms with Gasteiger partial charge in [-0.05, 0) is 43.3 Å². The van der Waals surface area contributed by atoms with Crippen molar-refractivity contribution in [1.82, 2.24) is 5.32 Å². The van der Waals surface area contributed by atoms with E-state index in [2.05, 4.69) is 5.32 Å². The molecule has 2 rings (SSSR count). The standard InChI is InChI=1S/C14H16ClNO2S2/c1-9-7-12(19-14(9)15)13(16-2)10-5-4-6-11(8-10)20(3,17)18/h4-8,13,16H,1-3H3. The van der Waals surface area contributed by atoms with Crippen LogP contribution in [0.5, 0.6) is 0 Å². The molecule has 0 amide bonds. The van der Waals surface area contributed by atoms with Gasteiger partial charge in [0.25, 0.3) is 0 Å². The van der Waals surface area contributed by atoms with Crippen molar-refractivity contribution in [3.8, 4) is 0 Å². The van der Waals surface area contributed by atoms with Gasteiger partial charge in [0.05, 0.1) is 15.3 Å². The van der Waals surface area contributed by atoms with Gasteiger partial charge in [0.1, 0.15) is 0 Å². The number of halogens is 1. The van der Waals surface area contributed by atoms with E-state index in [0.29, 0.717) is 4.90 Å². The minimum atomic E-state index is -3.20. The first-order valence-electron chi connectivity index (χ1n) is 6.06. The SMILES string of the molecule is CNC(c1cccc(S(C)(=O)=O)c1)c1cc(C)c(Cl)s1. The van der Waals surface area contributed by atoms with Crippen molar-refractivity contribution in [2.45, 2.75) is 17.9 Å². The molecule has 0 radical (unpaired) electrons. The fraction of sp³-hybridized carbons (Fsp3) is 0.286. The Morgan fingerprint density at radius 1 is 1.30 bits per heavy atom. The molecule has 1 atom stereocenters. The van der Waals surface area contributed by atoms with Gasteiger partial charge in [0, 0.05) is 11.1 Å². The molecule has 0 fully saturated rings. The van der Waals surface area contributed by atoms with E-state index in [1.165, 1.54) is 17.6 Å². The summed E-state index contributed by atoms with van der Waals surface area (Å²) in [5, 5.41) is 3.21. The van der Waals surface area contributed by atoms with E-state index in [0.717, 1.165) is 20.3 Å². The quantitative estimate of drug-likeness (QED) is 0.934. The zero-order chi connectivity index (χ0) is 14.9. The van der Waals surface area contributed by atoms with Crippen molar-refractivity contribution in [2.75, 3.05) is 13.3 Å². The van der Waals surface area contributed by atoms with E-state index in [1.807, 2.05) is 26.1 Å². The van der Waals surface area contributed by atoms with Crippen molar-refractivity contribution in [2.24, 2.45) is 0 Å². The van der Waals surface area contributed by atoms with Crippen LogP contribution in [0.15, 0.2) is 35.2 Å². The summed E-state index contributed by atoms with van der Waals surface area (Å²) in [6.07, 6.45) is 1.21. The van der Waals surface area contributed by atoms with Gasteiger partial charge >= 0.3 is 0 Å². The molecule has 0 saturated carbocycles. The Morgan fingerprint density at radius 2 is 2.00 bits per heavy atom. The molecule has 0 saturated heterocycles. The molecule has 0 spiro atoms. The highest BCUT2D eigenvalue weighted by Crippen LogP contribution is 2.34. The molecule has 6 heteroatoms.